The van der Waals surface area contributed by atoms with Crippen LogP contribution >= 0.6 is 0 Å². The van der Waals surface area contributed by atoms with Gasteiger partial charge in [-0.05, 0) is 12.1 Å². The van der Waals surface area contributed by atoms with E-state index in [9.17, 15) is 8.78 Å². The Morgan fingerprint density at radius 3 is 2.68 bits per heavy atom. The smallest absolute Gasteiger partial charge is 0.160 e. The molecule has 0 atom stereocenters. The highest BCUT2D eigenvalue weighted by atomic mass is 19.2. The number of aromatic nitrogens is 2. The Labute approximate surface area is 108 Å². The van der Waals surface area contributed by atoms with Crippen molar-refractivity contribution in [3.63, 3.8) is 0 Å². The third kappa shape index (κ3) is 3.35. The lowest BCUT2D eigenvalue weighted by atomic mass is 10.3. The van der Waals surface area contributed by atoms with E-state index < -0.39 is 11.6 Å². The first-order chi connectivity index (χ1) is 9.08. The topological polar surface area (TPSA) is 73.1 Å². The predicted octanol–water partition coefficient (Wildman–Crippen LogP) is 2.23. The molecule has 0 radical (unpaired) electrons. The van der Waals surface area contributed by atoms with Crippen molar-refractivity contribution >= 4 is 17.3 Å². The van der Waals surface area contributed by atoms with E-state index in [-0.39, 0.29) is 12.4 Å². The van der Waals surface area contributed by atoms with Crippen molar-refractivity contribution in [3.05, 3.63) is 41.7 Å². The zero-order chi connectivity index (χ0) is 13.8. The van der Waals surface area contributed by atoms with Crippen LogP contribution in [0.1, 0.15) is 5.82 Å². The molecule has 1 aromatic heterocycles. The van der Waals surface area contributed by atoms with E-state index in [4.69, 9.17) is 10.5 Å². The molecule has 0 saturated heterocycles. The van der Waals surface area contributed by atoms with Crippen LogP contribution in [-0.4, -0.2) is 17.1 Å². The van der Waals surface area contributed by atoms with Crippen molar-refractivity contribution < 1.29 is 13.5 Å². The van der Waals surface area contributed by atoms with Gasteiger partial charge in [-0.25, -0.2) is 18.7 Å². The van der Waals surface area contributed by atoms with Gasteiger partial charge in [0.05, 0.1) is 0 Å². The van der Waals surface area contributed by atoms with Gasteiger partial charge in [-0.3, -0.25) is 0 Å². The van der Waals surface area contributed by atoms with E-state index in [0.29, 0.717) is 17.3 Å². The second-order valence-corrected chi connectivity index (χ2v) is 3.78. The number of nitrogens with one attached hydrogen (secondary N) is 1. The summed E-state index contributed by atoms with van der Waals surface area (Å²) in [5.41, 5.74) is 5.98. The van der Waals surface area contributed by atoms with Crippen LogP contribution in [0.2, 0.25) is 0 Å². The maximum absolute atomic E-state index is 13.1. The fourth-order valence-corrected chi connectivity index (χ4v) is 1.50. The highest BCUT2D eigenvalue weighted by Crippen LogP contribution is 2.18. The molecule has 1 aromatic carbocycles. The van der Waals surface area contributed by atoms with Crippen LogP contribution in [-0.2, 0) is 11.3 Å². The summed E-state index contributed by atoms with van der Waals surface area (Å²) in [4.78, 5) is 8.09. The van der Waals surface area contributed by atoms with Crippen molar-refractivity contribution in [1.82, 2.24) is 9.97 Å². The Morgan fingerprint density at radius 1 is 1.21 bits per heavy atom. The summed E-state index contributed by atoms with van der Waals surface area (Å²) < 4.78 is 30.8. The lowest BCUT2D eigenvalue weighted by Gasteiger charge is -2.08. The molecule has 7 heteroatoms. The van der Waals surface area contributed by atoms with Gasteiger partial charge in [0.1, 0.15) is 18.2 Å². The van der Waals surface area contributed by atoms with Gasteiger partial charge < -0.3 is 15.8 Å². The van der Waals surface area contributed by atoms with Crippen molar-refractivity contribution in [1.29, 1.82) is 0 Å². The predicted molar refractivity (Wildman–Crippen MR) is 66.8 cm³/mol. The Bertz CT molecular complexity index is 592. The molecule has 0 aliphatic carbocycles. The van der Waals surface area contributed by atoms with Crippen LogP contribution in [0.5, 0.6) is 0 Å². The average Bonchev–Trinajstić information content (AvgIpc) is 2.33. The first-order valence-corrected chi connectivity index (χ1v) is 5.43. The molecule has 100 valence electrons. The zero-order valence-electron chi connectivity index (χ0n) is 10.2. The zero-order valence-corrected chi connectivity index (χ0v) is 10.2. The van der Waals surface area contributed by atoms with Crippen LogP contribution in [0.4, 0.5) is 26.1 Å². The molecule has 1 heterocycles. The van der Waals surface area contributed by atoms with E-state index >= 15 is 0 Å². The molecule has 0 saturated carbocycles. The summed E-state index contributed by atoms with van der Waals surface area (Å²) in [6.45, 7) is 0.206. The second-order valence-electron chi connectivity index (χ2n) is 3.78. The molecule has 0 bridgehead atoms. The average molecular weight is 266 g/mol. The Kier molecular flexibility index (Phi) is 3.86. The number of ether oxygens (including phenoxy) is 1. The number of nitrogens with two attached hydrogens (primary N) is 1. The summed E-state index contributed by atoms with van der Waals surface area (Å²) in [7, 11) is 1.51. The normalized spacial score (nSPS) is 10.5. The SMILES string of the molecule is COCc1nc(N)cc(Nc2ccc(F)c(F)c2)n1. The minimum absolute atomic E-state index is 0.206. The van der Waals surface area contributed by atoms with E-state index in [2.05, 4.69) is 15.3 Å². The first kappa shape index (κ1) is 13.2. The lowest BCUT2D eigenvalue weighted by Crippen LogP contribution is -2.04. The largest absolute Gasteiger partial charge is 0.384 e. The molecule has 5 nitrogen and oxygen atoms in total. The van der Waals surface area contributed by atoms with Gasteiger partial charge in [-0.1, -0.05) is 0 Å². The van der Waals surface area contributed by atoms with Gasteiger partial charge in [0, 0.05) is 24.9 Å². The Hall–Kier alpha value is -2.28. The van der Waals surface area contributed by atoms with Crippen LogP contribution < -0.4 is 11.1 Å². The minimum Gasteiger partial charge on any atom is -0.384 e. The van der Waals surface area contributed by atoms with E-state index in [1.165, 1.54) is 19.2 Å². The number of nitrogens with zero attached hydrogens (tertiary/aromatic N) is 2. The fraction of sp³-hybridized carbons (Fsp3) is 0.167. The molecule has 0 aliphatic heterocycles. The third-order valence-electron chi connectivity index (χ3n) is 2.26. The first-order valence-electron chi connectivity index (χ1n) is 5.43. The molecule has 0 fully saturated rings. The standard InChI is InChI=1S/C12H12F2N4O/c1-19-6-12-17-10(15)5-11(18-12)16-7-2-3-8(13)9(14)4-7/h2-5H,6H2,1H3,(H3,15,16,17,18). The van der Waals surface area contributed by atoms with Crippen LogP contribution in [0, 0.1) is 11.6 Å². The fourth-order valence-electron chi connectivity index (χ4n) is 1.50. The summed E-state index contributed by atoms with van der Waals surface area (Å²) in [6, 6.07) is 4.94. The monoisotopic (exact) mass is 266 g/mol. The van der Waals surface area contributed by atoms with Crippen molar-refractivity contribution in [2.24, 2.45) is 0 Å². The Morgan fingerprint density at radius 2 is 2.00 bits per heavy atom. The van der Waals surface area contributed by atoms with Crippen molar-refractivity contribution in [2.45, 2.75) is 6.61 Å². The molecular formula is C12H12F2N4O. The highest BCUT2D eigenvalue weighted by molar-refractivity contribution is 5.58. The summed E-state index contributed by atoms with van der Waals surface area (Å²) >= 11 is 0. The molecular weight excluding hydrogens is 254 g/mol. The molecule has 0 unspecified atom stereocenters. The third-order valence-corrected chi connectivity index (χ3v) is 2.26. The van der Waals surface area contributed by atoms with Gasteiger partial charge in [-0.2, -0.15) is 0 Å². The summed E-state index contributed by atoms with van der Waals surface area (Å²) in [6.07, 6.45) is 0. The molecule has 0 amide bonds. The van der Waals surface area contributed by atoms with Gasteiger partial charge in [0.15, 0.2) is 17.5 Å². The minimum atomic E-state index is -0.941. The molecule has 19 heavy (non-hydrogen) atoms. The number of hydrogen-bond acceptors (Lipinski definition) is 5. The van der Waals surface area contributed by atoms with E-state index in [0.717, 1.165) is 12.1 Å². The molecule has 3 N–H and O–H groups in total. The van der Waals surface area contributed by atoms with Crippen molar-refractivity contribution in [2.75, 3.05) is 18.2 Å². The number of nitrogen functional groups attached to an aromatic ring is 1. The number of anilines is 3. The molecule has 2 rings (SSSR count). The van der Waals surface area contributed by atoms with Crippen LogP contribution in [0.3, 0.4) is 0 Å². The highest BCUT2D eigenvalue weighted by Gasteiger charge is 2.06. The maximum Gasteiger partial charge on any atom is 0.160 e. The number of rotatable bonds is 4. The quantitative estimate of drug-likeness (QED) is 0.887. The van der Waals surface area contributed by atoms with Gasteiger partial charge in [-0.15, -0.1) is 0 Å². The number of methoxy groups -OCH3 is 1. The second kappa shape index (κ2) is 5.57. The van der Waals surface area contributed by atoms with E-state index in [1.807, 2.05) is 0 Å². The number of benzene rings is 1. The van der Waals surface area contributed by atoms with Gasteiger partial charge in [0.25, 0.3) is 0 Å². The van der Waals surface area contributed by atoms with Crippen molar-refractivity contribution in [3.8, 4) is 0 Å². The van der Waals surface area contributed by atoms with Crippen LogP contribution in [0.25, 0.3) is 0 Å². The summed E-state index contributed by atoms with van der Waals surface area (Å²) in [5, 5.41) is 2.82. The maximum atomic E-state index is 13.1. The molecule has 2 aromatic rings. The van der Waals surface area contributed by atoms with Gasteiger partial charge in [0.2, 0.25) is 0 Å². The van der Waals surface area contributed by atoms with Gasteiger partial charge >= 0.3 is 0 Å². The number of halogens is 2. The number of hydrogen-bond donors (Lipinski definition) is 2. The molecule has 0 spiro atoms. The Balaban J connectivity index is 2.24. The lowest BCUT2D eigenvalue weighted by molar-refractivity contribution is 0.178. The molecule has 0 aliphatic rings. The summed E-state index contributed by atoms with van der Waals surface area (Å²) in [5.74, 6) is -0.817. The van der Waals surface area contributed by atoms with Crippen LogP contribution in [0.15, 0.2) is 24.3 Å². The van der Waals surface area contributed by atoms with E-state index in [1.54, 1.807) is 0 Å².